The largest absolute Gasteiger partial charge is 0.463 e. The molecule has 1 atom stereocenters. The fourth-order valence-corrected chi connectivity index (χ4v) is 1.93. The van der Waals surface area contributed by atoms with Gasteiger partial charge in [-0.25, -0.2) is 0 Å². The Morgan fingerprint density at radius 3 is 2.93 bits per heavy atom. The SMILES string of the molecule is CC1(c2cccc(Br)c2)COC(=N)N1. The molecule has 2 rings (SSSR count). The van der Waals surface area contributed by atoms with Crippen LogP contribution in [0, 0.1) is 5.41 Å². The average molecular weight is 255 g/mol. The number of benzene rings is 1. The molecule has 1 fully saturated rings. The van der Waals surface area contributed by atoms with Gasteiger partial charge in [-0.05, 0) is 24.6 Å². The van der Waals surface area contributed by atoms with E-state index in [2.05, 4.69) is 21.2 Å². The highest BCUT2D eigenvalue weighted by atomic mass is 79.9. The third-order valence-corrected chi connectivity index (χ3v) is 2.85. The molecule has 3 nitrogen and oxygen atoms in total. The van der Waals surface area contributed by atoms with Crippen molar-refractivity contribution in [2.24, 2.45) is 0 Å². The lowest BCUT2D eigenvalue weighted by Crippen LogP contribution is -2.37. The molecule has 2 N–H and O–H groups in total. The van der Waals surface area contributed by atoms with Crippen molar-refractivity contribution >= 4 is 22.0 Å². The first-order valence-electron chi connectivity index (χ1n) is 4.36. The first-order valence-corrected chi connectivity index (χ1v) is 5.15. The van der Waals surface area contributed by atoms with E-state index in [0.717, 1.165) is 10.0 Å². The molecule has 0 aliphatic carbocycles. The molecule has 1 unspecified atom stereocenters. The highest BCUT2D eigenvalue weighted by molar-refractivity contribution is 9.10. The second-order valence-electron chi connectivity index (χ2n) is 3.59. The van der Waals surface area contributed by atoms with Crippen LogP contribution in [0.3, 0.4) is 0 Å². The molecular formula is C10H11BrN2O. The predicted molar refractivity (Wildman–Crippen MR) is 58.3 cm³/mol. The lowest BCUT2D eigenvalue weighted by atomic mass is 9.94. The maximum absolute atomic E-state index is 7.36. The van der Waals surface area contributed by atoms with Crippen molar-refractivity contribution in [1.29, 1.82) is 5.41 Å². The molecule has 0 radical (unpaired) electrons. The highest BCUT2D eigenvalue weighted by Gasteiger charge is 2.34. The van der Waals surface area contributed by atoms with Crippen molar-refractivity contribution in [1.82, 2.24) is 5.32 Å². The molecular weight excluding hydrogens is 244 g/mol. The van der Waals surface area contributed by atoms with Crippen LogP contribution in [-0.2, 0) is 10.3 Å². The van der Waals surface area contributed by atoms with Gasteiger partial charge in [0, 0.05) is 4.47 Å². The van der Waals surface area contributed by atoms with E-state index < -0.39 is 0 Å². The van der Waals surface area contributed by atoms with Crippen LogP contribution in [0.2, 0.25) is 0 Å². The Bertz CT molecular complexity index is 380. The molecule has 0 saturated carbocycles. The quantitative estimate of drug-likeness (QED) is 0.808. The van der Waals surface area contributed by atoms with E-state index in [9.17, 15) is 0 Å². The molecule has 0 bridgehead atoms. The van der Waals surface area contributed by atoms with Crippen LogP contribution in [0.4, 0.5) is 0 Å². The standard InChI is InChI=1S/C10H11BrN2O/c1-10(6-14-9(12)13-10)7-3-2-4-8(11)5-7/h2-5H,6H2,1H3,(H2,12,13). The van der Waals surface area contributed by atoms with Gasteiger partial charge in [-0.1, -0.05) is 28.1 Å². The van der Waals surface area contributed by atoms with Gasteiger partial charge < -0.3 is 10.1 Å². The normalized spacial score (nSPS) is 25.7. The molecule has 1 aromatic carbocycles. The number of halogens is 1. The van der Waals surface area contributed by atoms with E-state index in [0.29, 0.717) is 6.61 Å². The van der Waals surface area contributed by atoms with Gasteiger partial charge in [-0.3, -0.25) is 5.41 Å². The van der Waals surface area contributed by atoms with Crippen molar-refractivity contribution in [2.45, 2.75) is 12.5 Å². The summed E-state index contributed by atoms with van der Waals surface area (Å²) in [5, 5.41) is 10.4. The lowest BCUT2D eigenvalue weighted by Gasteiger charge is -2.21. The molecule has 1 aromatic rings. The maximum atomic E-state index is 7.36. The van der Waals surface area contributed by atoms with Gasteiger partial charge in [-0.2, -0.15) is 0 Å². The summed E-state index contributed by atoms with van der Waals surface area (Å²) in [7, 11) is 0. The number of hydrogen-bond acceptors (Lipinski definition) is 2. The summed E-state index contributed by atoms with van der Waals surface area (Å²) in [5.41, 5.74) is 0.843. The van der Waals surface area contributed by atoms with Crippen LogP contribution in [0.1, 0.15) is 12.5 Å². The summed E-state index contributed by atoms with van der Waals surface area (Å²) in [6, 6.07) is 8.17. The summed E-state index contributed by atoms with van der Waals surface area (Å²) < 4.78 is 6.16. The summed E-state index contributed by atoms with van der Waals surface area (Å²) in [6.45, 7) is 2.53. The van der Waals surface area contributed by atoms with Crippen LogP contribution in [-0.4, -0.2) is 12.6 Å². The van der Waals surface area contributed by atoms with Crippen LogP contribution in [0.5, 0.6) is 0 Å². The summed E-state index contributed by atoms with van der Waals surface area (Å²) in [6.07, 6.45) is 0. The van der Waals surface area contributed by atoms with Gasteiger partial charge in [0.15, 0.2) is 0 Å². The Kier molecular flexibility index (Phi) is 2.23. The molecule has 0 spiro atoms. The minimum atomic E-state index is -0.277. The lowest BCUT2D eigenvalue weighted by molar-refractivity contribution is 0.276. The third kappa shape index (κ3) is 1.62. The monoisotopic (exact) mass is 254 g/mol. The number of rotatable bonds is 1. The second kappa shape index (κ2) is 3.28. The molecule has 1 saturated heterocycles. The highest BCUT2D eigenvalue weighted by Crippen LogP contribution is 2.27. The van der Waals surface area contributed by atoms with Gasteiger partial charge in [0.1, 0.15) is 6.61 Å². The van der Waals surface area contributed by atoms with Gasteiger partial charge >= 0.3 is 0 Å². The van der Waals surface area contributed by atoms with Gasteiger partial charge in [0.2, 0.25) is 0 Å². The van der Waals surface area contributed by atoms with Gasteiger partial charge in [-0.15, -0.1) is 0 Å². The topological polar surface area (TPSA) is 45.1 Å². The van der Waals surface area contributed by atoms with Crippen LogP contribution in [0.15, 0.2) is 28.7 Å². The van der Waals surface area contributed by atoms with Crippen molar-refractivity contribution in [2.75, 3.05) is 6.61 Å². The van der Waals surface area contributed by atoms with E-state index in [-0.39, 0.29) is 11.6 Å². The van der Waals surface area contributed by atoms with Crippen LogP contribution >= 0.6 is 15.9 Å². The van der Waals surface area contributed by atoms with Gasteiger partial charge in [0.05, 0.1) is 5.54 Å². The summed E-state index contributed by atoms with van der Waals surface area (Å²) in [4.78, 5) is 0. The Balaban J connectivity index is 2.34. The smallest absolute Gasteiger partial charge is 0.282 e. The van der Waals surface area contributed by atoms with Gasteiger partial charge in [0.25, 0.3) is 6.02 Å². The first-order chi connectivity index (χ1) is 6.60. The zero-order chi connectivity index (χ0) is 10.2. The number of hydrogen-bond donors (Lipinski definition) is 2. The molecule has 0 amide bonds. The molecule has 14 heavy (non-hydrogen) atoms. The van der Waals surface area contributed by atoms with E-state index in [1.165, 1.54) is 0 Å². The minimum absolute atomic E-state index is 0.146. The maximum Gasteiger partial charge on any atom is 0.282 e. The molecule has 74 valence electrons. The Hall–Kier alpha value is -1.03. The van der Waals surface area contributed by atoms with Crippen molar-refractivity contribution < 1.29 is 4.74 Å². The second-order valence-corrected chi connectivity index (χ2v) is 4.50. The Morgan fingerprint density at radius 1 is 1.57 bits per heavy atom. The first kappa shape index (κ1) is 9.52. The Morgan fingerprint density at radius 2 is 2.36 bits per heavy atom. The molecule has 1 aliphatic rings. The average Bonchev–Trinajstić information content (AvgIpc) is 2.48. The molecule has 1 heterocycles. The fraction of sp³-hybridized carbons (Fsp3) is 0.300. The van der Waals surface area contributed by atoms with Crippen molar-refractivity contribution in [3.05, 3.63) is 34.3 Å². The zero-order valence-corrected chi connectivity index (χ0v) is 9.39. The Labute approximate surface area is 91.1 Å². The van der Waals surface area contributed by atoms with Crippen molar-refractivity contribution in [3.8, 4) is 0 Å². The van der Waals surface area contributed by atoms with Crippen LogP contribution < -0.4 is 5.32 Å². The molecule has 1 aliphatic heterocycles. The molecule has 0 aromatic heterocycles. The minimum Gasteiger partial charge on any atom is -0.463 e. The predicted octanol–water partition coefficient (Wildman–Crippen LogP) is 2.22. The third-order valence-electron chi connectivity index (χ3n) is 2.36. The summed E-state index contributed by atoms with van der Waals surface area (Å²) >= 11 is 3.43. The van der Waals surface area contributed by atoms with E-state index in [4.69, 9.17) is 10.1 Å². The van der Waals surface area contributed by atoms with E-state index in [1.54, 1.807) is 0 Å². The zero-order valence-electron chi connectivity index (χ0n) is 7.80. The van der Waals surface area contributed by atoms with E-state index in [1.807, 2.05) is 31.2 Å². The number of nitrogens with one attached hydrogen (secondary N) is 2. The van der Waals surface area contributed by atoms with E-state index >= 15 is 0 Å². The van der Waals surface area contributed by atoms with Crippen LogP contribution in [0.25, 0.3) is 0 Å². The van der Waals surface area contributed by atoms with Crippen molar-refractivity contribution in [3.63, 3.8) is 0 Å². The fourth-order valence-electron chi connectivity index (χ4n) is 1.53. The summed E-state index contributed by atoms with van der Waals surface area (Å²) in [5.74, 6) is 0. The number of amidine groups is 1. The number of ether oxygens (including phenoxy) is 1. The molecule has 4 heteroatoms.